The average Bonchev–Trinajstić information content (AvgIpc) is 3.21. The molecule has 3 heterocycles. The Kier molecular flexibility index (Phi) is 5.20. The topological polar surface area (TPSA) is 70.6 Å². The maximum absolute atomic E-state index is 13.0. The van der Waals surface area contributed by atoms with Gasteiger partial charge < -0.3 is 4.90 Å². The van der Waals surface area contributed by atoms with E-state index < -0.39 is 0 Å². The Bertz CT molecular complexity index is 1230. The molecule has 4 aromatic rings. The molecule has 0 spiro atoms. The number of halogens is 1. The fourth-order valence-corrected chi connectivity index (χ4v) is 3.31. The Labute approximate surface area is 178 Å². The molecule has 0 aliphatic heterocycles. The lowest BCUT2D eigenvalue weighted by atomic mass is 10.1. The minimum Gasteiger partial charge on any atom is -0.311 e. The lowest BCUT2D eigenvalue weighted by molar-refractivity contribution is -0.571. The lowest BCUT2D eigenvalue weighted by Crippen LogP contribution is -2.48. The summed E-state index contributed by atoms with van der Waals surface area (Å²) in [5.41, 5.74) is 3.84. The van der Waals surface area contributed by atoms with Crippen LogP contribution < -0.4 is 14.8 Å². The SMILES string of the molecule is CNC(=O)[n+]1ccc(-c2cnn3ccc(C(=O)N(C)c4ccc(Cl)cc4)cc23)cc1. The zero-order valence-corrected chi connectivity index (χ0v) is 17.2. The Morgan fingerprint density at radius 3 is 2.47 bits per heavy atom. The summed E-state index contributed by atoms with van der Waals surface area (Å²) in [5.74, 6) is -0.141. The van der Waals surface area contributed by atoms with Crippen LogP contribution in [0.2, 0.25) is 5.02 Å². The summed E-state index contributed by atoms with van der Waals surface area (Å²) >= 11 is 5.94. The quantitative estimate of drug-likeness (QED) is 0.516. The van der Waals surface area contributed by atoms with Crippen molar-refractivity contribution in [2.75, 3.05) is 19.0 Å². The number of anilines is 1. The number of aromatic nitrogens is 3. The molecule has 7 nitrogen and oxygen atoms in total. The first-order chi connectivity index (χ1) is 14.5. The molecule has 0 fully saturated rings. The number of amides is 2. The smallest absolute Gasteiger partial charge is 0.311 e. The largest absolute Gasteiger partial charge is 0.495 e. The Balaban J connectivity index is 1.68. The van der Waals surface area contributed by atoms with Gasteiger partial charge in [-0.25, -0.2) is 9.83 Å². The number of carbonyl (C=O) groups excluding carboxylic acids is 2. The van der Waals surface area contributed by atoms with Gasteiger partial charge in [0.25, 0.3) is 5.91 Å². The highest BCUT2D eigenvalue weighted by Gasteiger charge is 2.17. The van der Waals surface area contributed by atoms with Gasteiger partial charge in [-0.15, -0.1) is 0 Å². The van der Waals surface area contributed by atoms with E-state index in [4.69, 9.17) is 11.6 Å². The van der Waals surface area contributed by atoms with Crippen LogP contribution in [0.5, 0.6) is 0 Å². The fourth-order valence-electron chi connectivity index (χ4n) is 3.18. The standard InChI is InChI=1S/C22H18ClN5O2/c1-24-22(30)27-10-7-15(8-11-27)19-14-25-28-12-9-16(13-20(19)28)21(29)26(2)18-5-3-17(23)4-6-18/h3-14H,1-2H3/p+1. The minimum absolute atomic E-state index is 0.141. The van der Waals surface area contributed by atoms with Crippen LogP contribution in [0.1, 0.15) is 10.4 Å². The number of rotatable bonds is 3. The molecule has 0 saturated carbocycles. The van der Waals surface area contributed by atoms with Gasteiger partial charge in [0.15, 0.2) is 0 Å². The number of nitrogens with one attached hydrogen (secondary N) is 1. The second kappa shape index (κ2) is 7.96. The van der Waals surface area contributed by atoms with E-state index in [0.717, 1.165) is 22.3 Å². The van der Waals surface area contributed by atoms with Crippen LogP contribution in [0.15, 0.2) is 73.3 Å². The molecule has 0 aliphatic carbocycles. The van der Waals surface area contributed by atoms with Crippen LogP contribution >= 0.6 is 11.6 Å². The van der Waals surface area contributed by atoms with E-state index >= 15 is 0 Å². The number of hydrogen-bond donors (Lipinski definition) is 1. The third kappa shape index (κ3) is 3.62. The van der Waals surface area contributed by atoms with E-state index in [2.05, 4.69) is 10.4 Å². The normalized spacial score (nSPS) is 10.8. The molecule has 0 saturated heterocycles. The Morgan fingerprint density at radius 1 is 1.10 bits per heavy atom. The van der Waals surface area contributed by atoms with E-state index in [1.165, 1.54) is 4.57 Å². The van der Waals surface area contributed by atoms with Gasteiger partial charge in [-0.1, -0.05) is 11.6 Å². The molecule has 0 aliphatic rings. The van der Waals surface area contributed by atoms with Crippen LogP contribution in [0.25, 0.3) is 16.6 Å². The van der Waals surface area contributed by atoms with Crippen molar-refractivity contribution in [2.24, 2.45) is 0 Å². The molecule has 0 radical (unpaired) electrons. The molecular formula is C22H19ClN5O2+. The lowest BCUT2D eigenvalue weighted by Gasteiger charge is -2.17. The highest BCUT2D eigenvalue weighted by Crippen LogP contribution is 2.25. The second-order valence-corrected chi connectivity index (χ2v) is 7.13. The number of pyridine rings is 2. The number of nitrogens with zero attached hydrogens (tertiary/aromatic N) is 4. The predicted octanol–water partition coefficient (Wildman–Crippen LogP) is 3.41. The van der Waals surface area contributed by atoms with Crippen LogP contribution in [0.4, 0.5) is 10.5 Å². The number of fused-ring (bicyclic) bond motifs is 1. The maximum atomic E-state index is 13.0. The van der Waals surface area contributed by atoms with Crippen LogP contribution in [0.3, 0.4) is 0 Å². The van der Waals surface area contributed by atoms with Crippen molar-refractivity contribution in [2.45, 2.75) is 0 Å². The second-order valence-electron chi connectivity index (χ2n) is 6.69. The third-order valence-electron chi connectivity index (χ3n) is 4.88. The molecule has 8 heteroatoms. The zero-order valence-electron chi connectivity index (χ0n) is 16.4. The van der Waals surface area contributed by atoms with E-state index in [-0.39, 0.29) is 11.9 Å². The van der Waals surface area contributed by atoms with Gasteiger partial charge in [0, 0.05) is 35.1 Å². The van der Waals surface area contributed by atoms with Gasteiger partial charge in [-0.2, -0.15) is 14.5 Å². The third-order valence-corrected chi connectivity index (χ3v) is 5.13. The summed E-state index contributed by atoms with van der Waals surface area (Å²) in [6, 6.07) is 14.1. The minimum atomic E-state index is -0.223. The van der Waals surface area contributed by atoms with E-state index in [1.54, 1.807) is 78.6 Å². The van der Waals surface area contributed by atoms with Crippen LogP contribution in [0, 0.1) is 0 Å². The highest BCUT2D eigenvalue weighted by molar-refractivity contribution is 6.30. The molecule has 0 bridgehead atoms. The Hall–Kier alpha value is -3.71. The maximum Gasteiger partial charge on any atom is 0.495 e. The molecule has 0 unspecified atom stereocenters. The van der Waals surface area contributed by atoms with Gasteiger partial charge in [0.05, 0.1) is 31.2 Å². The molecule has 30 heavy (non-hydrogen) atoms. The predicted molar refractivity (Wildman–Crippen MR) is 115 cm³/mol. The van der Waals surface area contributed by atoms with E-state index in [1.807, 2.05) is 18.2 Å². The van der Waals surface area contributed by atoms with Gasteiger partial charge in [0.2, 0.25) is 0 Å². The molecule has 1 aromatic carbocycles. The van der Waals surface area contributed by atoms with Crippen molar-refractivity contribution >= 4 is 34.7 Å². The summed E-state index contributed by atoms with van der Waals surface area (Å²) in [6.45, 7) is 0. The first kappa shape index (κ1) is 19.6. The van der Waals surface area contributed by atoms with Crippen LogP contribution in [-0.4, -0.2) is 35.6 Å². The van der Waals surface area contributed by atoms with Crippen molar-refractivity contribution < 1.29 is 14.2 Å². The summed E-state index contributed by atoms with van der Waals surface area (Å²) < 4.78 is 3.17. The first-order valence-electron chi connectivity index (χ1n) is 9.23. The van der Waals surface area contributed by atoms with Crippen molar-refractivity contribution in [3.8, 4) is 11.1 Å². The Morgan fingerprint density at radius 2 is 1.80 bits per heavy atom. The molecule has 150 valence electrons. The first-order valence-corrected chi connectivity index (χ1v) is 9.60. The molecule has 0 atom stereocenters. The van der Waals surface area contributed by atoms with Crippen molar-refractivity contribution in [1.82, 2.24) is 14.9 Å². The summed E-state index contributed by atoms with van der Waals surface area (Å²) in [4.78, 5) is 26.3. The fraction of sp³-hybridized carbons (Fsp3) is 0.0909. The molecule has 3 aromatic heterocycles. The number of carbonyl (C=O) groups is 2. The van der Waals surface area contributed by atoms with E-state index in [9.17, 15) is 9.59 Å². The van der Waals surface area contributed by atoms with Crippen molar-refractivity contribution in [1.29, 1.82) is 0 Å². The molecule has 4 rings (SSSR count). The van der Waals surface area contributed by atoms with E-state index in [0.29, 0.717) is 10.6 Å². The molecular weight excluding hydrogens is 402 g/mol. The zero-order chi connectivity index (χ0) is 21.3. The van der Waals surface area contributed by atoms with Gasteiger partial charge in [0.1, 0.15) is 0 Å². The monoisotopic (exact) mass is 420 g/mol. The summed E-state index contributed by atoms with van der Waals surface area (Å²) in [5, 5.41) is 7.56. The average molecular weight is 421 g/mol. The van der Waals surface area contributed by atoms with Crippen LogP contribution in [-0.2, 0) is 0 Å². The van der Waals surface area contributed by atoms with Gasteiger partial charge in [-0.3, -0.25) is 4.79 Å². The van der Waals surface area contributed by atoms with Gasteiger partial charge >= 0.3 is 6.03 Å². The summed E-state index contributed by atoms with van der Waals surface area (Å²) in [6.07, 6.45) is 6.86. The number of benzene rings is 1. The molecule has 2 amide bonds. The highest BCUT2D eigenvalue weighted by atomic mass is 35.5. The number of hydrogen-bond acceptors (Lipinski definition) is 3. The van der Waals surface area contributed by atoms with Crippen molar-refractivity contribution in [3.63, 3.8) is 0 Å². The van der Waals surface area contributed by atoms with Gasteiger partial charge in [-0.05, 0) is 54.1 Å². The van der Waals surface area contributed by atoms with Crippen molar-refractivity contribution in [3.05, 3.63) is 83.9 Å². The molecule has 1 N–H and O–H groups in total. The summed E-state index contributed by atoms with van der Waals surface area (Å²) in [7, 11) is 3.30.